The molecule has 2 fully saturated rings. The molecule has 0 aromatic carbocycles. The molecule has 0 amide bonds. The van der Waals surface area contributed by atoms with Crippen LogP contribution in [0.1, 0.15) is 32.6 Å². The number of hydrogen-bond donors (Lipinski definition) is 2. The fourth-order valence-corrected chi connectivity index (χ4v) is 2.52. The van der Waals surface area contributed by atoms with E-state index in [1.807, 2.05) is 0 Å². The van der Waals surface area contributed by atoms with Crippen molar-refractivity contribution in [2.75, 3.05) is 13.1 Å². The first kappa shape index (κ1) is 12.3. The molecular weight excluding hydrogens is 214 g/mol. The van der Waals surface area contributed by atoms with Crippen LogP contribution >= 0.6 is 0 Å². The highest BCUT2D eigenvalue weighted by atomic mass is 16.5. The Labute approximate surface area is 103 Å². The van der Waals surface area contributed by atoms with Crippen LogP contribution in [0.5, 0.6) is 0 Å². The summed E-state index contributed by atoms with van der Waals surface area (Å²) in [5.74, 6) is 3.46. The van der Waals surface area contributed by atoms with Gasteiger partial charge in [0.05, 0.1) is 24.8 Å². The van der Waals surface area contributed by atoms with Crippen molar-refractivity contribution in [1.29, 1.82) is 0 Å². The molecule has 2 rings (SSSR count). The van der Waals surface area contributed by atoms with Crippen LogP contribution in [-0.2, 0) is 4.74 Å². The van der Waals surface area contributed by atoms with Gasteiger partial charge in [-0.2, -0.15) is 0 Å². The largest absolute Gasteiger partial charge is 0.373 e. The molecule has 4 nitrogen and oxygen atoms in total. The number of nitrogens with zero attached hydrogens (tertiary/aromatic N) is 1. The van der Waals surface area contributed by atoms with Crippen LogP contribution in [0.3, 0.4) is 0 Å². The zero-order chi connectivity index (χ0) is 12.1. The first-order chi connectivity index (χ1) is 8.33. The maximum Gasteiger partial charge on any atom is 0.191 e. The van der Waals surface area contributed by atoms with E-state index in [2.05, 4.69) is 28.5 Å². The van der Waals surface area contributed by atoms with Gasteiger partial charge in [-0.05, 0) is 26.2 Å². The minimum Gasteiger partial charge on any atom is -0.373 e. The Hall–Kier alpha value is -1.21. The monoisotopic (exact) mass is 235 g/mol. The molecule has 0 spiro atoms. The third kappa shape index (κ3) is 3.13. The number of aliphatic imine (C=N–C) groups is 1. The van der Waals surface area contributed by atoms with Gasteiger partial charge in [0.25, 0.3) is 0 Å². The molecule has 2 heterocycles. The molecule has 94 valence electrons. The SMILES string of the molecule is C#CCCN=C(NCC)NC1CC2CCC1O2. The lowest BCUT2D eigenvalue weighted by Crippen LogP contribution is -2.47. The van der Waals surface area contributed by atoms with Crippen molar-refractivity contribution in [1.82, 2.24) is 10.6 Å². The smallest absolute Gasteiger partial charge is 0.191 e. The van der Waals surface area contributed by atoms with Crippen molar-refractivity contribution in [3.8, 4) is 12.3 Å². The molecule has 3 unspecified atom stereocenters. The van der Waals surface area contributed by atoms with Gasteiger partial charge in [-0.3, -0.25) is 4.99 Å². The first-order valence-corrected chi connectivity index (χ1v) is 6.47. The lowest BCUT2D eigenvalue weighted by molar-refractivity contribution is 0.0992. The highest BCUT2D eigenvalue weighted by Crippen LogP contribution is 2.34. The fourth-order valence-electron chi connectivity index (χ4n) is 2.52. The lowest BCUT2D eigenvalue weighted by atomic mass is 9.96. The average molecular weight is 235 g/mol. The highest BCUT2D eigenvalue weighted by Gasteiger charge is 2.40. The Morgan fingerprint density at radius 1 is 1.53 bits per heavy atom. The number of guanidine groups is 1. The number of fused-ring (bicyclic) bond motifs is 2. The molecule has 2 bridgehead atoms. The molecule has 0 saturated carbocycles. The van der Waals surface area contributed by atoms with Gasteiger partial charge in [0.1, 0.15) is 0 Å². The summed E-state index contributed by atoms with van der Waals surface area (Å²) in [5, 5.41) is 6.70. The fraction of sp³-hybridized carbons (Fsp3) is 0.769. The summed E-state index contributed by atoms with van der Waals surface area (Å²) in [6.45, 7) is 3.60. The normalized spacial score (nSPS) is 31.3. The van der Waals surface area contributed by atoms with Crippen LogP contribution in [-0.4, -0.2) is 37.3 Å². The first-order valence-electron chi connectivity index (χ1n) is 6.47. The van der Waals surface area contributed by atoms with Gasteiger partial charge >= 0.3 is 0 Å². The van der Waals surface area contributed by atoms with Gasteiger partial charge < -0.3 is 15.4 Å². The quantitative estimate of drug-likeness (QED) is 0.329. The van der Waals surface area contributed by atoms with Crippen LogP contribution in [0, 0.1) is 12.3 Å². The zero-order valence-corrected chi connectivity index (χ0v) is 10.4. The second-order valence-electron chi connectivity index (χ2n) is 4.58. The molecule has 0 aliphatic carbocycles. The van der Waals surface area contributed by atoms with Crippen molar-refractivity contribution >= 4 is 5.96 Å². The van der Waals surface area contributed by atoms with Crippen LogP contribution < -0.4 is 10.6 Å². The minimum atomic E-state index is 0.372. The Bertz CT molecular complexity index is 321. The van der Waals surface area contributed by atoms with Crippen LogP contribution in [0.25, 0.3) is 0 Å². The number of nitrogens with one attached hydrogen (secondary N) is 2. The van der Waals surface area contributed by atoms with Crippen molar-refractivity contribution in [2.24, 2.45) is 4.99 Å². The summed E-state index contributed by atoms with van der Waals surface area (Å²) >= 11 is 0. The van der Waals surface area contributed by atoms with Crippen LogP contribution in [0.2, 0.25) is 0 Å². The second-order valence-corrected chi connectivity index (χ2v) is 4.58. The third-order valence-corrected chi connectivity index (χ3v) is 3.30. The van der Waals surface area contributed by atoms with E-state index in [-0.39, 0.29) is 0 Å². The predicted octanol–water partition coefficient (Wildman–Crippen LogP) is 0.885. The highest BCUT2D eigenvalue weighted by molar-refractivity contribution is 5.80. The van der Waals surface area contributed by atoms with Gasteiger partial charge in [0, 0.05) is 13.0 Å². The molecule has 2 aliphatic rings. The molecule has 4 heteroatoms. The van der Waals surface area contributed by atoms with E-state index in [9.17, 15) is 0 Å². The molecule has 3 atom stereocenters. The molecule has 2 saturated heterocycles. The van der Waals surface area contributed by atoms with E-state index in [0.29, 0.717) is 31.2 Å². The van der Waals surface area contributed by atoms with Gasteiger partial charge in [-0.25, -0.2) is 0 Å². The van der Waals surface area contributed by atoms with Gasteiger partial charge in [-0.1, -0.05) is 0 Å². The Morgan fingerprint density at radius 3 is 3.00 bits per heavy atom. The van der Waals surface area contributed by atoms with E-state index in [0.717, 1.165) is 18.9 Å². The van der Waals surface area contributed by atoms with Crippen molar-refractivity contribution < 1.29 is 4.74 Å². The summed E-state index contributed by atoms with van der Waals surface area (Å²) < 4.78 is 5.81. The van der Waals surface area contributed by atoms with Gasteiger partial charge in [0.15, 0.2) is 5.96 Å². The summed E-state index contributed by atoms with van der Waals surface area (Å²) in [4.78, 5) is 4.45. The van der Waals surface area contributed by atoms with Gasteiger partial charge in [-0.15, -0.1) is 12.3 Å². The zero-order valence-electron chi connectivity index (χ0n) is 10.4. The molecule has 17 heavy (non-hydrogen) atoms. The number of rotatable bonds is 4. The molecular formula is C13H21N3O. The Balaban J connectivity index is 1.85. The second kappa shape index (κ2) is 5.92. The summed E-state index contributed by atoms with van der Waals surface area (Å²) in [5.41, 5.74) is 0. The predicted molar refractivity (Wildman–Crippen MR) is 68.9 cm³/mol. The Morgan fingerprint density at radius 2 is 2.41 bits per heavy atom. The number of ether oxygens (including phenoxy) is 1. The van der Waals surface area contributed by atoms with E-state index >= 15 is 0 Å². The molecule has 0 aromatic heterocycles. The van der Waals surface area contributed by atoms with Crippen LogP contribution in [0.4, 0.5) is 0 Å². The number of hydrogen-bond acceptors (Lipinski definition) is 2. The maximum absolute atomic E-state index is 5.81. The third-order valence-electron chi connectivity index (χ3n) is 3.30. The maximum atomic E-state index is 5.81. The number of terminal acetylenes is 1. The average Bonchev–Trinajstić information content (AvgIpc) is 2.91. The summed E-state index contributed by atoms with van der Waals surface area (Å²) in [7, 11) is 0. The van der Waals surface area contributed by atoms with Crippen LogP contribution in [0.15, 0.2) is 4.99 Å². The van der Waals surface area contributed by atoms with E-state index in [4.69, 9.17) is 11.2 Å². The standard InChI is InChI=1S/C13H21N3O/c1-3-5-8-15-13(14-4-2)16-11-9-10-6-7-12(11)17-10/h1,10-12H,4-9H2,2H3,(H2,14,15,16). The molecule has 0 radical (unpaired) electrons. The van der Waals surface area contributed by atoms with Crippen molar-refractivity contribution in [3.05, 3.63) is 0 Å². The topological polar surface area (TPSA) is 45.7 Å². The summed E-state index contributed by atoms with van der Waals surface area (Å²) in [6, 6.07) is 0.414. The van der Waals surface area contributed by atoms with E-state index in [1.165, 1.54) is 12.8 Å². The van der Waals surface area contributed by atoms with Crippen molar-refractivity contribution in [3.63, 3.8) is 0 Å². The van der Waals surface area contributed by atoms with Crippen molar-refractivity contribution in [2.45, 2.75) is 50.9 Å². The molecule has 2 N–H and O–H groups in total. The minimum absolute atomic E-state index is 0.372. The Kier molecular flexibility index (Phi) is 4.27. The van der Waals surface area contributed by atoms with Gasteiger partial charge in [0.2, 0.25) is 0 Å². The van der Waals surface area contributed by atoms with E-state index in [1.54, 1.807) is 0 Å². The molecule has 0 aromatic rings. The van der Waals surface area contributed by atoms with E-state index < -0.39 is 0 Å². The lowest BCUT2D eigenvalue weighted by Gasteiger charge is -2.22. The molecule has 2 aliphatic heterocycles. The summed E-state index contributed by atoms with van der Waals surface area (Å²) in [6.07, 6.45) is 10.2.